The van der Waals surface area contributed by atoms with Crippen LogP contribution in [0, 0.1) is 6.92 Å². The SMILES string of the molecule is CCCn1c(C)c(N)c(=O)n1C(C)C. The first-order valence-corrected chi connectivity index (χ1v) is 5.08. The van der Waals surface area contributed by atoms with Crippen LogP contribution < -0.4 is 11.3 Å². The van der Waals surface area contributed by atoms with Gasteiger partial charge in [0.1, 0.15) is 5.69 Å². The molecule has 1 heterocycles. The molecule has 80 valence electrons. The molecule has 4 heteroatoms. The maximum atomic E-state index is 11.7. The van der Waals surface area contributed by atoms with Gasteiger partial charge in [-0.2, -0.15) is 0 Å². The van der Waals surface area contributed by atoms with Gasteiger partial charge in [-0.3, -0.25) is 9.48 Å². The molecule has 0 aromatic carbocycles. The van der Waals surface area contributed by atoms with Gasteiger partial charge in [0.15, 0.2) is 0 Å². The Balaban J connectivity index is 3.37. The fourth-order valence-electron chi connectivity index (χ4n) is 1.69. The highest BCUT2D eigenvalue weighted by atomic mass is 16.1. The van der Waals surface area contributed by atoms with Crippen LogP contribution in [0.15, 0.2) is 4.79 Å². The minimum atomic E-state index is -0.0639. The number of rotatable bonds is 3. The predicted molar refractivity (Wildman–Crippen MR) is 58.5 cm³/mol. The number of hydrogen-bond acceptors (Lipinski definition) is 2. The van der Waals surface area contributed by atoms with Crippen LogP contribution in [0.3, 0.4) is 0 Å². The second-order valence-electron chi connectivity index (χ2n) is 3.87. The smallest absolute Gasteiger partial charge is 0.290 e. The molecule has 0 bridgehead atoms. The van der Waals surface area contributed by atoms with Gasteiger partial charge in [0.2, 0.25) is 0 Å². The zero-order valence-corrected chi connectivity index (χ0v) is 9.37. The zero-order valence-electron chi connectivity index (χ0n) is 9.37. The minimum absolute atomic E-state index is 0.0639. The second-order valence-corrected chi connectivity index (χ2v) is 3.87. The molecule has 0 saturated carbocycles. The van der Waals surface area contributed by atoms with E-state index >= 15 is 0 Å². The van der Waals surface area contributed by atoms with Gasteiger partial charge in [0.25, 0.3) is 5.56 Å². The molecule has 14 heavy (non-hydrogen) atoms. The maximum Gasteiger partial charge on any atom is 0.290 e. The molecule has 0 aliphatic heterocycles. The van der Waals surface area contributed by atoms with Crippen LogP contribution in [0.25, 0.3) is 0 Å². The topological polar surface area (TPSA) is 52.9 Å². The molecule has 2 N–H and O–H groups in total. The van der Waals surface area contributed by atoms with Gasteiger partial charge in [-0.15, -0.1) is 0 Å². The van der Waals surface area contributed by atoms with E-state index in [1.165, 1.54) is 0 Å². The summed E-state index contributed by atoms with van der Waals surface area (Å²) in [5.74, 6) is 0. The molecule has 0 fully saturated rings. The van der Waals surface area contributed by atoms with Gasteiger partial charge in [-0.1, -0.05) is 6.92 Å². The molecule has 4 nitrogen and oxygen atoms in total. The molecule has 0 aliphatic rings. The summed E-state index contributed by atoms with van der Waals surface area (Å²) in [6, 6.07) is 0.157. The van der Waals surface area contributed by atoms with E-state index in [1.807, 2.05) is 25.5 Å². The van der Waals surface area contributed by atoms with Gasteiger partial charge in [0.05, 0.1) is 5.69 Å². The lowest BCUT2D eigenvalue weighted by Crippen LogP contribution is -2.25. The molecule has 0 radical (unpaired) electrons. The molecule has 0 atom stereocenters. The lowest BCUT2D eigenvalue weighted by Gasteiger charge is -2.15. The largest absolute Gasteiger partial charge is 0.393 e. The molecule has 0 spiro atoms. The van der Waals surface area contributed by atoms with Crippen molar-refractivity contribution in [1.29, 1.82) is 0 Å². The van der Waals surface area contributed by atoms with Crippen LogP contribution in [0.5, 0.6) is 0 Å². The van der Waals surface area contributed by atoms with Gasteiger partial charge >= 0.3 is 0 Å². The predicted octanol–water partition coefficient (Wildman–Crippen LogP) is 1.53. The molecule has 1 aromatic rings. The summed E-state index contributed by atoms with van der Waals surface area (Å²) in [6.45, 7) is 8.81. The van der Waals surface area contributed by atoms with Gasteiger partial charge in [-0.25, -0.2) is 4.68 Å². The molecule has 0 saturated heterocycles. The summed E-state index contributed by atoms with van der Waals surface area (Å²) < 4.78 is 3.70. The summed E-state index contributed by atoms with van der Waals surface area (Å²) in [6.07, 6.45) is 1.00. The van der Waals surface area contributed by atoms with E-state index in [2.05, 4.69) is 6.92 Å². The Morgan fingerprint density at radius 2 is 2.00 bits per heavy atom. The Bertz CT molecular complexity index is 373. The van der Waals surface area contributed by atoms with Crippen molar-refractivity contribution in [2.24, 2.45) is 0 Å². The highest BCUT2D eigenvalue weighted by Gasteiger charge is 2.15. The summed E-state index contributed by atoms with van der Waals surface area (Å²) in [4.78, 5) is 11.7. The van der Waals surface area contributed by atoms with Crippen LogP contribution in [-0.2, 0) is 6.54 Å². The van der Waals surface area contributed by atoms with E-state index in [4.69, 9.17) is 5.73 Å². The highest BCUT2D eigenvalue weighted by molar-refractivity contribution is 5.40. The second kappa shape index (κ2) is 3.90. The van der Waals surface area contributed by atoms with E-state index in [1.54, 1.807) is 4.68 Å². The van der Waals surface area contributed by atoms with Crippen LogP contribution in [0.4, 0.5) is 5.69 Å². The van der Waals surface area contributed by atoms with Gasteiger partial charge < -0.3 is 5.73 Å². The van der Waals surface area contributed by atoms with E-state index in [-0.39, 0.29) is 11.6 Å². The fourth-order valence-corrected chi connectivity index (χ4v) is 1.69. The van der Waals surface area contributed by atoms with Crippen LogP contribution in [0.1, 0.15) is 38.9 Å². The Morgan fingerprint density at radius 3 is 2.43 bits per heavy atom. The van der Waals surface area contributed by atoms with Crippen molar-refractivity contribution in [3.8, 4) is 0 Å². The monoisotopic (exact) mass is 197 g/mol. The first-order valence-electron chi connectivity index (χ1n) is 5.08. The van der Waals surface area contributed by atoms with Crippen LogP contribution >= 0.6 is 0 Å². The third-order valence-corrected chi connectivity index (χ3v) is 2.40. The van der Waals surface area contributed by atoms with Crippen molar-refractivity contribution in [3.63, 3.8) is 0 Å². The molecule has 1 rings (SSSR count). The fraction of sp³-hybridized carbons (Fsp3) is 0.700. The van der Waals surface area contributed by atoms with Crippen molar-refractivity contribution < 1.29 is 0 Å². The summed E-state index contributed by atoms with van der Waals surface area (Å²) in [7, 11) is 0. The summed E-state index contributed by atoms with van der Waals surface area (Å²) in [5.41, 5.74) is 6.92. The first kappa shape index (κ1) is 10.9. The third-order valence-electron chi connectivity index (χ3n) is 2.40. The quantitative estimate of drug-likeness (QED) is 0.799. The normalized spacial score (nSPS) is 11.2. The standard InChI is InChI=1S/C10H19N3O/c1-5-6-12-8(4)9(11)10(14)13(12)7(2)3/h7H,5-6,11H2,1-4H3. The lowest BCUT2D eigenvalue weighted by molar-refractivity contribution is 0.390. The number of anilines is 1. The first-order chi connectivity index (χ1) is 6.50. The Morgan fingerprint density at radius 1 is 1.43 bits per heavy atom. The van der Waals surface area contributed by atoms with Crippen LogP contribution in [-0.4, -0.2) is 9.36 Å². The highest BCUT2D eigenvalue weighted by Crippen LogP contribution is 2.11. The molecule has 0 amide bonds. The summed E-state index contributed by atoms with van der Waals surface area (Å²) in [5, 5.41) is 0. The van der Waals surface area contributed by atoms with E-state index < -0.39 is 0 Å². The van der Waals surface area contributed by atoms with E-state index in [0.717, 1.165) is 18.7 Å². The maximum absolute atomic E-state index is 11.7. The van der Waals surface area contributed by atoms with Crippen molar-refractivity contribution in [3.05, 3.63) is 16.0 Å². The van der Waals surface area contributed by atoms with E-state index in [0.29, 0.717) is 5.69 Å². The van der Waals surface area contributed by atoms with Crippen molar-refractivity contribution >= 4 is 5.69 Å². The number of aromatic nitrogens is 2. The average Bonchev–Trinajstić information content (AvgIpc) is 2.32. The Labute approximate surface area is 84.3 Å². The van der Waals surface area contributed by atoms with Crippen molar-refractivity contribution in [2.75, 3.05) is 5.73 Å². The van der Waals surface area contributed by atoms with Gasteiger partial charge in [0, 0.05) is 12.6 Å². The molecular weight excluding hydrogens is 178 g/mol. The lowest BCUT2D eigenvalue weighted by atomic mass is 10.4. The number of nitrogen functional groups attached to an aromatic ring is 1. The third kappa shape index (κ3) is 1.56. The molecule has 0 aliphatic carbocycles. The summed E-state index contributed by atoms with van der Waals surface area (Å²) >= 11 is 0. The van der Waals surface area contributed by atoms with Gasteiger partial charge in [-0.05, 0) is 27.2 Å². The average molecular weight is 197 g/mol. The Hall–Kier alpha value is -1.19. The zero-order chi connectivity index (χ0) is 10.9. The number of nitrogens with zero attached hydrogens (tertiary/aromatic N) is 2. The molecular formula is C10H19N3O. The molecule has 1 aromatic heterocycles. The van der Waals surface area contributed by atoms with Crippen molar-refractivity contribution in [1.82, 2.24) is 9.36 Å². The van der Waals surface area contributed by atoms with Crippen molar-refractivity contribution in [2.45, 2.75) is 46.7 Å². The number of hydrogen-bond donors (Lipinski definition) is 1. The minimum Gasteiger partial charge on any atom is -0.393 e. The Kier molecular flexibility index (Phi) is 3.03. The number of nitrogens with two attached hydrogens (primary N) is 1. The molecule has 0 unspecified atom stereocenters. The van der Waals surface area contributed by atoms with Crippen LogP contribution in [0.2, 0.25) is 0 Å². The van der Waals surface area contributed by atoms with E-state index in [9.17, 15) is 4.79 Å².